The van der Waals surface area contributed by atoms with Gasteiger partial charge in [0.2, 0.25) is 10.0 Å². The maximum absolute atomic E-state index is 13.4. The molecule has 1 fully saturated rings. The van der Waals surface area contributed by atoms with Crippen molar-refractivity contribution in [2.24, 2.45) is 0 Å². The number of thiazole rings is 1. The monoisotopic (exact) mass is 394 g/mol. The lowest BCUT2D eigenvalue weighted by molar-refractivity contribution is 0.396. The maximum Gasteiger partial charge on any atom is 0.243 e. The number of aromatic nitrogens is 1. The lowest BCUT2D eigenvalue weighted by Crippen LogP contribution is -2.30. The second-order valence-electron chi connectivity index (χ2n) is 6.80. The molecule has 3 aromatic carbocycles. The van der Waals surface area contributed by atoms with Crippen LogP contribution in [-0.2, 0) is 10.0 Å². The van der Waals surface area contributed by atoms with Gasteiger partial charge in [-0.2, -0.15) is 4.31 Å². The number of nitrogens with zero attached hydrogens (tertiary/aromatic N) is 2. The van der Waals surface area contributed by atoms with Crippen LogP contribution >= 0.6 is 11.3 Å². The summed E-state index contributed by atoms with van der Waals surface area (Å²) in [6, 6.07) is 21.0. The number of hydrogen-bond acceptors (Lipinski definition) is 4. The normalized spacial score (nSPS) is 18.4. The van der Waals surface area contributed by atoms with E-state index in [9.17, 15) is 8.42 Å². The Morgan fingerprint density at radius 2 is 1.74 bits per heavy atom. The highest BCUT2D eigenvalue weighted by Gasteiger charge is 2.37. The van der Waals surface area contributed by atoms with E-state index in [0.717, 1.165) is 38.8 Å². The van der Waals surface area contributed by atoms with E-state index in [1.165, 1.54) is 0 Å². The van der Waals surface area contributed by atoms with Crippen LogP contribution in [0.2, 0.25) is 0 Å². The molecule has 136 valence electrons. The van der Waals surface area contributed by atoms with Crippen molar-refractivity contribution in [2.45, 2.75) is 23.8 Å². The van der Waals surface area contributed by atoms with Gasteiger partial charge < -0.3 is 0 Å². The fourth-order valence-electron chi connectivity index (χ4n) is 3.77. The van der Waals surface area contributed by atoms with Crippen LogP contribution in [0.5, 0.6) is 0 Å². The summed E-state index contributed by atoms with van der Waals surface area (Å²) in [5.74, 6) is 0. The lowest BCUT2D eigenvalue weighted by Gasteiger charge is -2.22. The molecule has 0 aliphatic carbocycles. The Bertz CT molecular complexity index is 1210. The van der Waals surface area contributed by atoms with E-state index in [2.05, 4.69) is 0 Å². The van der Waals surface area contributed by atoms with Gasteiger partial charge in [-0.05, 0) is 47.9 Å². The van der Waals surface area contributed by atoms with Crippen LogP contribution < -0.4 is 0 Å². The fraction of sp³-hybridized carbons (Fsp3) is 0.190. The first kappa shape index (κ1) is 16.9. The van der Waals surface area contributed by atoms with Gasteiger partial charge in [-0.3, -0.25) is 0 Å². The molecule has 6 heteroatoms. The third-order valence-electron chi connectivity index (χ3n) is 5.13. The van der Waals surface area contributed by atoms with Crippen molar-refractivity contribution in [1.82, 2.24) is 9.29 Å². The van der Waals surface area contributed by atoms with Gasteiger partial charge in [-0.25, -0.2) is 13.4 Å². The highest BCUT2D eigenvalue weighted by molar-refractivity contribution is 7.89. The van der Waals surface area contributed by atoms with Gasteiger partial charge in [0.25, 0.3) is 0 Å². The number of sulfonamides is 1. The number of hydrogen-bond donors (Lipinski definition) is 0. The molecular weight excluding hydrogens is 376 g/mol. The minimum absolute atomic E-state index is 0.182. The Balaban J connectivity index is 1.56. The predicted molar refractivity (Wildman–Crippen MR) is 109 cm³/mol. The minimum Gasteiger partial charge on any atom is -0.239 e. The molecule has 27 heavy (non-hydrogen) atoms. The van der Waals surface area contributed by atoms with Crippen molar-refractivity contribution in [1.29, 1.82) is 0 Å². The Labute approximate surface area is 162 Å². The molecular formula is C21H18N2O2S2. The molecule has 0 spiro atoms. The Morgan fingerprint density at radius 3 is 2.59 bits per heavy atom. The number of rotatable bonds is 3. The third-order valence-corrected chi connectivity index (χ3v) is 8.17. The molecule has 4 aromatic rings. The van der Waals surface area contributed by atoms with Gasteiger partial charge in [0, 0.05) is 6.54 Å². The van der Waals surface area contributed by atoms with Gasteiger partial charge in [0.1, 0.15) is 5.01 Å². The van der Waals surface area contributed by atoms with Crippen molar-refractivity contribution in [2.75, 3.05) is 6.54 Å². The number of fused-ring (bicyclic) bond motifs is 2. The van der Waals surface area contributed by atoms with Crippen LogP contribution in [0.15, 0.2) is 71.6 Å². The largest absolute Gasteiger partial charge is 0.243 e. The molecule has 0 N–H and O–H groups in total. The molecule has 1 aliphatic heterocycles. The molecule has 1 aromatic heterocycles. The van der Waals surface area contributed by atoms with E-state index in [0.29, 0.717) is 11.4 Å². The van der Waals surface area contributed by atoms with E-state index >= 15 is 0 Å². The van der Waals surface area contributed by atoms with E-state index in [1.54, 1.807) is 27.8 Å². The zero-order valence-electron chi connectivity index (χ0n) is 14.6. The van der Waals surface area contributed by atoms with Crippen LogP contribution in [0.1, 0.15) is 23.9 Å². The molecule has 4 nitrogen and oxygen atoms in total. The third kappa shape index (κ3) is 2.84. The summed E-state index contributed by atoms with van der Waals surface area (Å²) in [4.78, 5) is 5.07. The molecule has 1 aliphatic rings. The van der Waals surface area contributed by atoms with Crippen molar-refractivity contribution in [3.05, 3.63) is 71.7 Å². The van der Waals surface area contributed by atoms with E-state index < -0.39 is 10.0 Å². The molecule has 0 amide bonds. The van der Waals surface area contributed by atoms with Gasteiger partial charge in [-0.1, -0.05) is 42.5 Å². The molecule has 0 radical (unpaired) electrons. The summed E-state index contributed by atoms with van der Waals surface area (Å²) in [5, 5.41) is 2.87. The van der Waals surface area contributed by atoms with Crippen LogP contribution in [-0.4, -0.2) is 24.3 Å². The summed E-state index contributed by atoms with van der Waals surface area (Å²) < 4.78 is 29.5. The molecule has 0 saturated carbocycles. The Kier molecular flexibility index (Phi) is 4.00. The molecule has 2 heterocycles. The topological polar surface area (TPSA) is 50.3 Å². The molecule has 5 rings (SSSR count). The predicted octanol–water partition coefficient (Wildman–Crippen LogP) is 4.98. The number of benzene rings is 3. The SMILES string of the molecule is O=S(=O)(c1ccc2ccccc2c1)N1CCCC1c1nc2ccccc2s1. The average molecular weight is 395 g/mol. The molecule has 0 bridgehead atoms. The van der Waals surface area contributed by atoms with Gasteiger partial charge in [0.05, 0.1) is 21.2 Å². The first-order valence-corrected chi connectivity index (χ1v) is 11.2. The van der Waals surface area contributed by atoms with Gasteiger partial charge in [-0.15, -0.1) is 11.3 Å². The van der Waals surface area contributed by atoms with Crippen molar-refractivity contribution < 1.29 is 8.42 Å². The van der Waals surface area contributed by atoms with Gasteiger partial charge >= 0.3 is 0 Å². The summed E-state index contributed by atoms with van der Waals surface area (Å²) in [5.41, 5.74) is 0.937. The molecule has 1 atom stereocenters. The number of para-hydroxylation sites is 1. The van der Waals surface area contributed by atoms with E-state index in [1.807, 2.05) is 54.6 Å². The fourth-order valence-corrected chi connectivity index (χ4v) is 6.65. The van der Waals surface area contributed by atoms with Crippen LogP contribution in [0.4, 0.5) is 0 Å². The second kappa shape index (κ2) is 6.41. The minimum atomic E-state index is -3.56. The Hall–Kier alpha value is -2.28. The van der Waals surface area contributed by atoms with Gasteiger partial charge in [0.15, 0.2) is 0 Å². The van der Waals surface area contributed by atoms with Crippen molar-refractivity contribution >= 4 is 42.3 Å². The van der Waals surface area contributed by atoms with Crippen LogP contribution in [0, 0.1) is 0 Å². The summed E-state index contributed by atoms with van der Waals surface area (Å²) >= 11 is 1.59. The second-order valence-corrected chi connectivity index (χ2v) is 9.76. The van der Waals surface area contributed by atoms with Crippen LogP contribution in [0.3, 0.4) is 0 Å². The van der Waals surface area contributed by atoms with E-state index in [-0.39, 0.29) is 6.04 Å². The van der Waals surface area contributed by atoms with Crippen molar-refractivity contribution in [3.63, 3.8) is 0 Å². The zero-order chi connectivity index (χ0) is 18.4. The zero-order valence-corrected chi connectivity index (χ0v) is 16.2. The quantitative estimate of drug-likeness (QED) is 0.493. The standard InChI is InChI=1S/C21H18N2O2S2/c24-27(25,17-12-11-15-6-1-2-7-16(15)14-17)23-13-5-9-19(23)21-22-18-8-3-4-10-20(18)26-21/h1-4,6-8,10-12,14,19H,5,9,13H2. The van der Waals surface area contributed by atoms with Crippen molar-refractivity contribution in [3.8, 4) is 0 Å². The highest BCUT2D eigenvalue weighted by Crippen LogP contribution is 2.39. The van der Waals surface area contributed by atoms with Crippen LogP contribution in [0.25, 0.3) is 21.0 Å². The maximum atomic E-state index is 13.4. The molecule has 1 unspecified atom stereocenters. The average Bonchev–Trinajstić information content (AvgIpc) is 3.34. The highest BCUT2D eigenvalue weighted by atomic mass is 32.2. The first-order valence-electron chi connectivity index (χ1n) is 8.99. The summed E-state index contributed by atoms with van der Waals surface area (Å²) in [6.45, 7) is 0.537. The summed E-state index contributed by atoms with van der Waals surface area (Å²) in [6.07, 6.45) is 1.67. The van der Waals surface area contributed by atoms with E-state index in [4.69, 9.17) is 4.98 Å². The summed E-state index contributed by atoms with van der Waals surface area (Å²) in [7, 11) is -3.56. The lowest BCUT2D eigenvalue weighted by atomic mass is 10.1. The molecule has 1 saturated heterocycles. The first-order chi connectivity index (χ1) is 13.1. The smallest absolute Gasteiger partial charge is 0.239 e. The Morgan fingerprint density at radius 1 is 0.963 bits per heavy atom.